The summed E-state index contributed by atoms with van der Waals surface area (Å²) in [5, 5.41) is 3.35. The van der Waals surface area contributed by atoms with Gasteiger partial charge in [-0.25, -0.2) is 4.79 Å². The minimum atomic E-state index is -0.361. The van der Waals surface area contributed by atoms with E-state index < -0.39 is 0 Å². The van der Waals surface area contributed by atoms with Gasteiger partial charge in [0.2, 0.25) is 0 Å². The fraction of sp³-hybridized carbons (Fsp3) is 0.500. The largest absolute Gasteiger partial charge is 0.462 e. The van der Waals surface area contributed by atoms with Crippen LogP contribution in [-0.2, 0) is 4.74 Å². The van der Waals surface area contributed by atoms with Gasteiger partial charge in [-0.3, -0.25) is 0 Å². The number of carbonyl (C=O) groups is 1. The van der Waals surface area contributed by atoms with E-state index in [-0.39, 0.29) is 5.97 Å². The van der Waals surface area contributed by atoms with Crippen LogP contribution in [0.1, 0.15) is 23.7 Å². The summed E-state index contributed by atoms with van der Waals surface area (Å²) in [6, 6.07) is 5.43. The summed E-state index contributed by atoms with van der Waals surface area (Å²) in [7, 11) is 0. The van der Waals surface area contributed by atoms with Crippen LogP contribution in [0.5, 0.6) is 0 Å². The quantitative estimate of drug-likeness (QED) is 0.641. The topological polar surface area (TPSA) is 64.3 Å². The molecule has 1 aromatic rings. The average molecular weight is 280 g/mol. The highest BCUT2D eigenvalue weighted by atomic mass is 32.2. The molecule has 1 heterocycles. The van der Waals surface area contributed by atoms with Crippen LogP contribution in [-0.4, -0.2) is 30.6 Å². The van der Waals surface area contributed by atoms with Crippen molar-refractivity contribution in [3.63, 3.8) is 0 Å². The predicted molar refractivity (Wildman–Crippen MR) is 80.7 cm³/mol. The van der Waals surface area contributed by atoms with Gasteiger partial charge < -0.3 is 15.8 Å². The lowest BCUT2D eigenvalue weighted by Crippen LogP contribution is -2.16. The summed E-state index contributed by atoms with van der Waals surface area (Å²) in [6.07, 6.45) is 1.25. The molecule has 104 valence electrons. The molecule has 0 saturated carbocycles. The molecule has 1 unspecified atom stereocenters. The molecule has 0 radical (unpaired) electrons. The number of thioether (sulfide) groups is 1. The molecule has 3 N–H and O–H groups in total. The van der Waals surface area contributed by atoms with Crippen LogP contribution >= 0.6 is 11.8 Å². The maximum Gasteiger partial charge on any atom is 0.340 e. The molecule has 0 aromatic heterocycles. The smallest absolute Gasteiger partial charge is 0.340 e. The molecule has 0 spiro atoms. The van der Waals surface area contributed by atoms with Crippen molar-refractivity contribution in [1.82, 2.24) is 0 Å². The number of rotatable bonds is 5. The number of esters is 1. The first-order valence-corrected chi connectivity index (χ1v) is 7.75. The summed E-state index contributed by atoms with van der Waals surface area (Å²) in [5.41, 5.74) is 7.77. The van der Waals surface area contributed by atoms with E-state index in [1.54, 1.807) is 13.0 Å². The van der Waals surface area contributed by atoms with E-state index in [2.05, 4.69) is 5.32 Å². The molecule has 1 aliphatic heterocycles. The Bertz CT molecular complexity index is 445. The minimum Gasteiger partial charge on any atom is -0.462 e. The zero-order valence-electron chi connectivity index (χ0n) is 11.1. The molecule has 4 nitrogen and oxygen atoms in total. The summed E-state index contributed by atoms with van der Waals surface area (Å²) in [5.74, 6) is 2.77. The number of hydrogen-bond donors (Lipinski definition) is 2. The van der Waals surface area contributed by atoms with Gasteiger partial charge in [0.25, 0.3) is 0 Å². The number of para-hydroxylation sites is 1. The Balaban J connectivity index is 2.03. The number of ether oxygens (including phenoxy) is 1. The van der Waals surface area contributed by atoms with Crippen LogP contribution in [0, 0.1) is 5.92 Å². The van der Waals surface area contributed by atoms with Gasteiger partial charge in [0.1, 0.15) is 0 Å². The standard InChI is InChI=1S/C14H20N2O2S/c1-2-18-14(17)11-4-3-5-12(13(11)15)16-8-10-6-7-19-9-10/h3-5,10,16H,2,6-9,15H2,1H3. The molecular formula is C14H20N2O2S. The summed E-state index contributed by atoms with van der Waals surface area (Å²) < 4.78 is 4.99. The van der Waals surface area contributed by atoms with Crippen LogP contribution in [0.4, 0.5) is 11.4 Å². The number of carbonyl (C=O) groups excluding carboxylic acids is 1. The van der Waals surface area contributed by atoms with E-state index in [1.807, 2.05) is 23.9 Å². The van der Waals surface area contributed by atoms with Gasteiger partial charge in [-0.2, -0.15) is 11.8 Å². The van der Waals surface area contributed by atoms with Crippen LogP contribution in [0.15, 0.2) is 18.2 Å². The van der Waals surface area contributed by atoms with E-state index in [0.29, 0.717) is 23.8 Å². The Kier molecular flexibility index (Phi) is 4.96. The van der Waals surface area contributed by atoms with Crippen LogP contribution in [0.2, 0.25) is 0 Å². The molecule has 0 aliphatic carbocycles. The van der Waals surface area contributed by atoms with Gasteiger partial charge in [0.15, 0.2) is 0 Å². The predicted octanol–water partition coefficient (Wildman–Crippen LogP) is 2.61. The lowest BCUT2D eigenvalue weighted by Gasteiger charge is -2.15. The highest BCUT2D eigenvalue weighted by molar-refractivity contribution is 7.99. The molecule has 19 heavy (non-hydrogen) atoms. The third-order valence-corrected chi connectivity index (χ3v) is 4.44. The van der Waals surface area contributed by atoms with Crippen molar-refractivity contribution >= 4 is 29.1 Å². The Hall–Kier alpha value is -1.36. The maximum absolute atomic E-state index is 11.7. The Morgan fingerprint density at radius 2 is 2.42 bits per heavy atom. The van der Waals surface area contributed by atoms with E-state index in [4.69, 9.17) is 10.5 Å². The van der Waals surface area contributed by atoms with Crippen molar-refractivity contribution < 1.29 is 9.53 Å². The number of hydrogen-bond acceptors (Lipinski definition) is 5. The van der Waals surface area contributed by atoms with Gasteiger partial charge in [0, 0.05) is 6.54 Å². The highest BCUT2D eigenvalue weighted by Gasteiger charge is 2.17. The van der Waals surface area contributed by atoms with Crippen LogP contribution in [0.25, 0.3) is 0 Å². The van der Waals surface area contributed by atoms with Gasteiger partial charge in [-0.15, -0.1) is 0 Å². The third-order valence-electron chi connectivity index (χ3n) is 3.21. The van der Waals surface area contributed by atoms with Gasteiger partial charge >= 0.3 is 5.97 Å². The third kappa shape index (κ3) is 3.56. The SMILES string of the molecule is CCOC(=O)c1cccc(NCC2CCSC2)c1N. The summed E-state index contributed by atoms with van der Waals surface area (Å²) in [6.45, 7) is 3.05. The first-order valence-electron chi connectivity index (χ1n) is 6.59. The number of nitrogens with one attached hydrogen (secondary N) is 1. The number of nitrogen functional groups attached to an aromatic ring is 1. The zero-order chi connectivity index (χ0) is 13.7. The van der Waals surface area contributed by atoms with Gasteiger partial charge in [-0.05, 0) is 42.9 Å². The van der Waals surface area contributed by atoms with Crippen molar-refractivity contribution in [3.8, 4) is 0 Å². The minimum absolute atomic E-state index is 0.356. The molecule has 1 atom stereocenters. The van der Waals surface area contributed by atoms with E-state index in [0.717, 1.165) is 12.2 Å². The van der Waals surface area contributed by atoms with E-state index >= 15 is 0 Å². The van der Waals surface area contributed by atoms with E-state index in [9.17, 15) is 4.79 Å². The zero-order valence-corrected chi connectivity index (χ0v) is 12.0. The second-order valence-corrected chi connectivity index (χ2v) is 5.75. The Morgan fingerprint density at radius 1 is 1.58 bits per heavy atom. The average Bonchev–Trinajstić information content (AvgIpc) is 2.91. The Morgan fingerprint density at radius 3 is 3.11 bits per heavy atom. The second kappa shape index (κ2) is 6.70. The molecule has 5 heteroatoms. The van der Waals surface area contributed by atoms with Crippen molar-refractivity contribution in [2.24, 2.45) is 5.92 Å². The number of benzene rings is 1. The molecule has 0 amide bonds. The molecule has 1 aliphatic rings. The molecule has 1 saturated heterocycles. The molecule has 1 aromatic carbocycles. The van der Waals surface area contributed by atoms with Crippen LogP contribution < -0.4 is 11.1 Å². The van der Waals surface area contributed by atoms with Gasteiger partial charge in [-0.1, -0.05) is 6.07 Å². The fourth-order valence-electron chi connectivity index (χ4n) is 2.10. The number of nitrogens with two attached hydrogens (primary N) is 1. The lowest BCUT2D eigenvalue weighted by molar-refractivity contribution is 0.0527. The van der Waals surface area contributed by atoms with Crippen molar-refractivity contribution in [2.45, 2.75) is 13.3 Å². The normalized spacial score (nSPS) is 18.3. The summed E-state index contributed by atoms with van der Waals surface area (Å²) >= 11 is 1.99. The molecule has 0 bridgehead atoms. The monoisotopic (exact) mass is 280 g/mol. The fourth-order valence-corrected chi connectivity index (χ4v) is 3.39. The number of anilines is 2. The molecule has 2 rings (SSSR count). The van der Waals surface area contributed by atoms with Crippen molar-refractivity contribution in [3.05, 3.63) is 23.8 Å². The van der Waals surface area contributed by atoms with E-state index in [1.165, 1.54) is 17.9 Å². The first kappa shape index (κ1) is 14.1. The molecule has 1 fully saturated rings. The Labute approximate surface area is 118 Å². The highest BCUT2D eigenvalue weighted by Crippen LogP contribution is 2.27. The summed E-state index contributed by atoms with van der Waals surface area (Å²) in [4.78, 5) is 11.7. The van der Waals surface area contributed by atoms with Crippen LogP contribution in [0.3, 0.4) is 0 Å². The second-order valence-electron chi connectivity index (χ2n) is 4.60. The first-order chi connectivity index (χ1) is 9.22. The van der Waals surface area contributed by atoms with Crippen molar-refractivity contribution in [1.29, 1.82) is 0 Å². The maximum atomic E-state index is 11.7. The van der Waals surface area contributed by atoms with Crippen molar-refractivity contribution in [2.75, 3.05) is 35.7 Å². The van der Waals surface area contributed by atoms with Gasteiger partial charge in [0.05, 0.1) is 23.5 Å². The lowest BCUT2D eigenvalue weighted by atomic mass is 10.1. The molecular weight excluding hydrogens is 260 g/mol.